The number of halogens is 2. The van der Waals surface area contributed by atoms with Crippen molar-refractivity contribution in [3.8, 4) is 0 Å². The van der Waals surface area contributed by atoms with Crippen LogP contribution < -0.4 is 0 Å². The molecule has 0 aliphatic heterocycles. The van der Waals surface area contributed by atoms with Gasteiger partial charge in [-0.25, -0.2) is 4.39 Å². The maximum absolute atomic E-state index is 13.6. The lowest BCUT2D eigenvalue weighted by Crippen LogP contribution is -2.10. The zero-order valence-electron chi connectivity index (χ0n) is 11.0. The van der Waals surface area contributed by atoms with E-state index in [0.717, 1.165) is 30.2 Å². The molecule has 0 aliphatic carbocycles. The Morgan fingerprint density at radius 3 is 2.72 bits per heavy atom. The molecular formula is C15H20BrFO. The average Bonchev–Trinajstić information content (AvgIpc) is 2.37. The summed E-state index contributed by atoms with van der Waals surface area (Å²) in [5.74, 6) is -0.138. The van der Waals surface area contributed by atoms with Crippen LogP contribution in [0.15, 0.2) is 22.7 Å². The fourth-order valence-electron chi connectivity index (χ4n) is 2.03. The summed E-state index contributed by atoms with van der Waals surface area (Å²) in [6.07, 6.45) is 4.74. The predicted molar refractivity (Wildman–Crippen MR) is 76.4 cm³/mol. The Morgan fingerprint density at radius 1 is 1.39 bits per heavy atom. The molecule has 0 saturated heterocycles. The number of carbonyl (C=O) groups excluding carboxylic acids is 1. The van der Waals surface area contributed by atoms with Crippen molar-refractivity contribution in [1.29, 1.82) is 0 Å². The summed E-state index contributed by atoms with van der Waals surface area (Å²) in [5, 5.41) is 0. The number of carbonyl (C=O) groups is 1. The maximum Gasteiger partial charge on any atom is 0.166 e. The van der Waals surface area contributed by atoms with E-state index in [1.807, 2.05) is 0 Å². The molecule has 1 rings (SSSR count). The van der Waals surface area contributed by atoms with Crippen LogP contribution in [-0.2, 0) is 0 Å². The van der Waals surface area contributed by atoms with Crippen LogP contribution in [0.1, 0.15) is 56.3 Å². The van der Waals surface area contributed by atoms with Crippen LogP contribution in [0.25, 0.3) is 0 Å². The first-order valence-electron chi connectivity index (χ1n) is 6.56. The third kappa shape index (κ3) is 4.52. The van der Waals surface area contributed by atoms with Gasteiger partial charge in [0.15, 0.2) is 5.78 Å². The molecule has 0 aromatic heterocycles. The van der Waals surface area contributed by atoms with Gasteiger partial charge in [-0.1, -0.05) is 55.5 Å². The van der Waals surface area contributed by atoms with Crippen molar-refractivity contribution in [2.45, 2.75) is 46.0 Å². The summed E-state index contributed by atoms with van der Waals surface area (Å²) in [7, 11) is 0. The number of benzene rings is 1. The van der Waals surface area contributed by atoms with Gasteiger partial charge in [0.05, 0.1) is 5.56 Å². The molecule has 100 valence electrons. The summed E-state index contributed by atoms with van der Waals surface area (Å²) in [6, 6.07) is 4.52. The molecule has 0 spiro atoms. The van der Waals surface area contributed by atoms with E-state index in [4.69, 9.17) is 0 Å². The molecule has 1 unspecified atom stereocenters. The Hall–Kier alpha value is -0.700. The van der Waals surface area contributed by atoms with Crippen LogP contribution in [0.3, 0.4) is 0 Å². The van der Waals surface area contributed by atoms with Gasteiger partial charge in [-0.2, -0.15) is 0 Å². The van der Waals surface area contributed by atoms with Crippen molar-refractivity contribution in [3.63, 3.8) is 0 Å². The summed E-state index contributed by atoms with van der Waals surface area (Å²) >= 11 is 3.27. The minimum Gasteiger partial charge on any atom is -0.294 e. The number of hydrogen-bond acceptors (Lipinski definition) is 1. The third-order valence-corrected chi connectivity index (χ3v) is 3.74. The summed E-state index contributed by atoms with van der Waals surface area (Å²) in [6.45, 7) is 4.23. The van der Waals surface area contributed by atoms with Crippen LogP contribution in [0.4, 0.5) is 4.39 Å². The number of unbranched alkanes of at least 4 members (excludes halogenated alkanes) is 1. The molecule has 1 aromatic rings. The maximum atomic E-state index is 13.6. The van der Waals surface area contributed by atoms with Crippen molar-refractivity contribution in [3.05, 3.63) is 34.1 Å². The fourth-order valence-corrected chi connectivity index (χ4v) is 2.39. The quantitative estimate of drug-likeness (QED) is 0.618. The molecule has 0 aliphatic rings. The first-order chi connectivity index (χ1) is 8.58. The van der Waals surface area contributed by atoms with E-state index in [0.29, 0.717) is 12.3 Å². The molecule has 1 aromatic carbocycles. The van der Waals surface area contributed by atoms with E-state index < -0.39 is 5.82 Å². The smallest absolute Gasteiger partial charge is 0.166 e. The lowest BCUT2D eigenvalue weighted by Gasteiger charge is -2.13. The number of Topliss-reactive ketones (excluding diaryl/α,β-unsaturated/α-hetero) is 1. The normalized spacial score (nSPS) is 12.4. The Labute approximate surface area is 117 Å². The molecule has 0 radical (unpaired) electrons. The summed E-state index contributed by atoms with van der Waals surface area (Å²) in [5.41, 5.74) is 0.208. The van der Waals surface area contributed by atoms with Crippen molar-refractivity contribution >= 4 is 21.7 Å². The zero-order chi connectivity index (χ0) is 13.5. The van der Waals surface area contributed by atoms with Gasteiger partial charge < -0.3 is 0 Å². The van der Waals surface area contributed by atoms with Crippen LogP contribution in [0.2, 0.25) is 0 Å². The Bertz CT molecular complexity index is 403. The SMILES string of the molecule is CCCCC(CC)CC(=O)c1cc(Br)ccc1F. The second-order valence-corrected chi connectivity index (χ2v) is 5.58. The van der Waals surface area contributed by atoms with E-state index in [1.165, 1.54) is 6.07 Å². The van der Waals surface area contributed by atoms with Gasteiger partial charge in [0.25, 0.3) is 0 Å². The minimum atomic E-state index is -0.423. The molecule has 18 heavy (non-hydrogen) atoms. The molecule has 0 bridgehead atoms. The standard InChI is InChI=1S/C15H20BrFO/c1-3-5-6-11(4-2)9-15(18)13-10-12(16)7-8-14(13)17/h7-8,10-11H,3-6,9H2,1-2H3. The largest absolute Gasteiger partial charge is 0.294 e. The number of ketones is 1. The van der Waals surface area contributed by atoms with E-state index in [2.05, 4.69) is 29.8 Å². The van der Waals surface area contributed by atoms with E-state index >= 15 is 0 Å². The lowest BCUT2D eigenvalue weighted by molar-refractivity contribution is 0.0953. The van der Waals surface area contributed by atoms with Crippen LogP contribution in [0.5, 0.6) is 0 Å². The molecular weight excluding hydrogens is 295 g/mol. The van der Waals surface area contributed by atoms with Gasteiger partial charge in [-0.3, -0.25) is 4.79 Å². The number of rotatable bonds is 7. The summed E-state index contributed by atoms with van der Waals surface area (Å²) in [4.78, 5) is 12.1. The molecule has 3 heteroatoms. The molecule has 1 atom stereocenters. The van der Waals surface area contributed by atoms with E-state index in [9.17, 15) is 9.18 Å². The monoisotopic (exact) mass is 314 g/mol. The highest BCUT2D eigenvalue weighted by Gasteiger charge is 2.16. The highest BCUT2D eigenvalue weighted by atomic mass is 79.9. The Morgan fingerprint density at radius 2 is 2.11 bits per heavy atom. The molecule has 0 N–H and O–H groups in total. The highest BCUT2D eigenvalue weighted by molar-refractivity contribution is 9.10. The molecule has 0 amide bonds. The topological polar surface area (TPSA) is 17.1 Å². The van der Waals surface area contributed by atoms with Crippen LogP contribution in [0, 0.1) is 11.7 Å². The van der Waals surface area contributed by atoms with Crippen molar-refractivity contribution in [1.82, 2.24) is 0 Å². The molecule has 0 fully saturated rings. The lowest BCUT2D eigenvalue weighted by atomic mass is 9.91. The first kappa shape index (κ1) is 15.4. The Balaban J connectivity index is 2.71. The van der Waals surface area contributed by atoms with Gasteiger partial charge in [0.2, 0.25) is 0 Å². The van der Waals surface area contributed by atoms with Crippen molar-refractivity contribution < 1.29 is 9.18 Å². The van der Waals surface area contributed by atoms with E-state index in [-0.39, 0.29) is 11.3 Å². The second kappa shape index (κ2) is 7.67. The predicted octanol–water partition coefficient (Wildman–Crippen LogP) is 5.38. The highest BCUT2D eigenvalue weighted by Crippen LogP contribution is 2.22. The van der Waals surface area contributed by atoms with Gasteiger partial charge in [0, 0.05) is 10.9 Å². The van der Waals surface area contributed by atoms with Gasteiger partial charge in [-0.05, 0) is 24.1 Å². The minimum absolute atomic E-state index is 0.0863. The second-order valence-electron chi connectivity index (χ2n) is 4.67. The average molecular weight is 315 g/mol. The van der Waals surface area contributed by atoms with Gasteiger partial charge >= 0.3 is 0 Å². The van der Waals surface area contributed by atoms with Crippen molar-refractivity contribution in [2.24, 2.45) is 5.92 Å². The van der Waals surface area contributed by atoms with Crippen LogP contribution >= 0.6 is 15.9 Å². The molecule has 0 saturated carbocycles. The molecule has 0 heterocycles. The first-order valence-corrected chi connectivity index (χ1v) is 7.36. The van der Waals surface area contributed by atoms with E-state index in [1.54, 1.807) is 12.1 Å². The third-order valence-electron chi connectivity index (χ3n) is 3.25. The van der Waals surface area contributed by atoms with Gasteiger partial charge in [0.1, 0.15) is 5.82 Å². The van der Waals surface area contributed by atoms with Crippen molar-refractivity contribution in [2.75, 3.05) is 0 Å². The summed E-state index contributed by atoms with van der Waals surface area (Å²) < 4.78 is 14.3. The Kier molecular flexibility index (Phi) is 6.55. The van der Waals surface area contributed by atoms with Gasteiger partial charge in [-0.15, -0.1) is 0 Å². The zero-order valence-corrected chi connectivity index (χ0v) is 12.6. The van der Waals surface area contributed by atoms with Crippen LogP contribution in [-0.4, -0.2) is 5.78 Å². The molecule has 1 nitrogen and oxygen atoms in total. The fraction of sp³-hybridized carbons (Fsp3) is 0.533. The number of hydrogen-bond donors (Lipinski definition) is 0.